The highest BCUT2D eigenvalue weighted by atomic mass is 79.9. The molecule has 0 bridgehead atoms. The van der Waals surface area contributed by atoms with Crippen LogP contribution in [0.15, 0.2) is 52.1 Å². The fourth-order valence-corrected chi connectivity index (χ4v) is 1.95. The molecular formula is C15H14BrN3O2. The van der Waals surface area contributed by atoms with E-state index in [1.54, 1.807) is 43.6 Å². The van der Waals surface area contributed by atoms with Crippen molar-refractivity contribution in [3.8, 4) is 5.75 Å². The molecule has 108 valence electrons. The highest BCUT2D eigenvalue weighted by molar-refractivity contribution is 9.10. The van der Waals surface area contributed by atoms with Gasteiger partial charge in [0.05, 0.1) is 0 Å². The third-order valence-corrected chi connectivity index (χ3v) is 2.99. The number of anilines is 1. The second kappa shape index (κ2) is 7.54. The van der Waals surface area contributed by atoms with Gasteiger partial charge in [-0.05, 0) is 40.2 Å². The van der Waals surface area contributed by atoms with Gasteiger partial charge >= 0.3 is 0 Å². The van der Waals surface area contributed by atoms with Crippen LogP contribution < -0.4 is 10.1 Å². The van der Waals surface area contributed by atoms with E-state index in [9.17, 15) is 4.79 Å². The van der Waals surface area contributed by atoms with Crippen molar-refractivity contribution in [2.45, 2.75) is 0 Å². The number of hydrogen-bond donors (Lipinski definition) is 1. The van der Waals surface area contributed by atoms with Crippen molar-refractivity contribution in [3.63, 3.8) is 0 Å². The molecular weight excluding hydrogens is 334 g/mol. The van der Waals surface area contributed by atoms with Crippen LogP contribution in [-0.2, 0) is 0 Å². The molecule has 2 aromatic rings. The van der Waals surface area contributed by atoms with Gasteiger partial charge in [-0.25, -0.2) is 4.98 Å². The lowest BCUT2D eigenvalue weighted by molar-refractivity contribution is 0.102. The van der Waals surface area contributed by atoms with Crippen molar-refractivity contribution >= 4 is 33.7 Å². The van der Waals surface area contributed by atoms with Crippen molar-refractivity contribution in [2.75, 3.05) is 19.0 Å². The van der Waals surface area contributed by atoms with Crippen LogP contribution in [0.1, 0.15) is 10.5 Å². The van der Waals surface area contributed by atoms with Crippen molar-refractivity contribution < 1.29 is 9.53 Å². The Balaban J connectivity index is 2.05. The minimum Gasteiger partial charge on any atom is -0.488 e. The standard InChI is InChI=1S/C15H14BrN3O2/c1-17-8-9-21-12-5-2-4-11(10-12)18-15(20)13-6-3-7-14(16)19-13/h2-8,10H,9H2,1H3,(H,18,20). The lowest BCUT2D eigenvalue weighted by atomic mass is 10.2. The minimum atomic E-state index is -0.274. The average molecular weight is 348 g/mol. The van der Waals surface area contributed by atoms with Crippen LogP contribution in [0.4, 0.5) is 5.69 Å². The number of carbonyl (C=O) groups excluding carboxylic acids is 1. The van der Waals surface area contributed by atoms with E-state index >= 15 is 0 Å². The lowest BCUT2D eigenvalue weighted by Crippen LogP contribution is -2.13. The molecule has 21 heavy (non-hydrogen) atoms. The number of amides is 1. The predicted octanol–water partition coefficient (Wildman–Crippen LogP) is 3.18. The van der Waals surface area contributed by atoms with Gasteiger partial charge in [0, 0.05) is 25.0 Å². The number of hydrogen-bond acceptors (Lipinski definition) is 4. The van der Waals surface area contributed by atoms with Gasteiger partial charge in [0.15, 0.2) is 0 Å². The van der Waals surface area contributed by atoms with E-state index in [2.05, 4.69) is 31.2 Å². The largest absolute Gasteiger partial charge is 0.488 e. The fraction of sp³-hybridized carbons (Fsp3) is 0.133. The number of rotatable bonds is 5. The maximum absolute atomic E-state index is 12.1. The van der Waals surface area contributed by atoms with Gasteiger partial charge in [-0.15, -0.1) is 0 Å². The van der Waals surface area contributed by atoms with Crippen LogP contribution in [0.25, 0.3) is 0 Å². The summed E-state index contributed by atoms with van der Waals surface area (Å²) < 4.78 is 6.09. The van der Waals surface area contributed by atoms with E-state index in [1.807, 2.05) is 12.1 Å². The summed E-state index contributed by atoms with van der Waals surface area (Å²) in [4.78, 5) is 20.0. The summed E-state index contributed by atoms with van der Waals surface area (Å²) in [7, 11) is 1.69. The molecule has 0 radical (unpaired) electrons. The van der Waals surface area contributed by atoms with Crippen LogP contribution >= 0.6 is 15.9 Å². The molecule has 1 amide bonds. The van der Waals surface area contributed by atoms with Crippen molar-refractivity contribution in [3.05, 3.63) is 52.8 Å². The summed E-state index contributed by atoms with van der Waals surface area (Å²) in [5.41, 5.74) is 0.988. The zero-order valence-electron chi connectivity index (χ0n) is 11.4. The molecule has 1 aromatic heterocycles. The fourth-order valence-electron chi connectivity index (χ4n) is 1.60. The van der Waals surface area contributed by atoms with Crippen LogP contribution in [0, 0.1) is 0 Å². The zero-order chi connectivity index (χ0) is 15.1. The normalized spacial score (nSPS) is 10.6. The molecule has 0 aliphatic carbocycles. The highest BCUT2D eigenvalue weighted by Gasteiger charge is 2.08. The molecule has 0 atom stereocenters. The van der Waals surface area contributed by atoms with Crippen molar-refractivity contribution in [2.24, 2.45) is 4.99 Å². The van der Waals surface area contributed by atoms with Gasteiger partial charge in [0.1, 0.15) is 22.7 Å². The Morgan fingerprint density at radius 1 is 1.38 bits per heavy atom. The number of pyridine rings is 1. The number of nitrogens with zero attached hydrogens (tertiary/aromatic N) is 2. The zero-order valence-corrected chi connectivity index (χ0v) is 13.0. The Hall–Kier alpha value is -2.21. The second-order valence-electron chi connectivity index (χ2n) is 4.08. The average Bonchev–Trinajstić information content (AvgIpc) is 2.48. The first-order chi connectivity index (χ1) is 10.2. The quantitative estimate of drug-likeness (QED) is 0.667. The van der Waals surface area contributed by atoms with E-state index in [0.29, 0.717) is 28.3 Å². The van der Waals surface area contributed by atoms with Crippen LogP contribution in [-0.4, -0.2) is 30.8 Å². The summed E-state index contributed by atoms with van der Waals surface area (Å²) in [6, 6.07) is 12.3. The monoisotopic (exact) mass is 347 g/mol. The first-order valence-corrected chi connectivity index (χ1v) is 7.06. The Morgan fingerprint density at radius 2 is 2.19 bits per heavy atom. The minimum absolute atomic E-state index is 0.274. The number of aromatic nitrogens is 1. The molecule has 0 saturated carbocycles. The van der Waals surface area contributed by atoms with Gasteiger partial charge in [-0.3, -0.25) is 9.79 Å². The van der Waals surface area contributed by atoms with E-state index in [4.69, 9.17) is 4.74 Å². The second-order valence-corrected chi connectivity index (χ2v) is 4.89. The van der Waals surface area contributed by atoms with Gasteiger partial charge in [-0.1, -0.05) is 12.1 Å². The molecule has 2 rings (SSSR count). The van der Waals surface area contributed by atoms with Crippen LogP contribution in [0.5, 0.6) is 5.75 Å². The van der Waals surface area contributed by atoms with Crippen molar-refractivity contribution in [1.29, 1.82) is 0 Å². The van der Waals surface area contributed by atoms with Crippen LogP contribution in [0.3, 0.4) is 0 Å². The number of aliphatic imine (C=N–C) groups is 1. The van der Waals surface area contributed by atoms with Crippen LogP contribution in [0.2, 0.25) is 0 Å². The summed E-state index contributed by atoms with van der Waals surface area (Å²) in [6.45, 7) is 0.390. The molecule has 5 nitrogen and oxygen atoms in total. The van der Waals surface area contributed by atoms with Gasteiger partial charge in [-0.2, -0.15) is 0 Å². The van der Waals surface area contributed by atoms with Gasteiger partial charge < -0.3 is 10.1 Å². The van der Waals surface area contributed by atoms with E-state index in [-0.39, 0.29) is 5.91 Å². The van der Waals surface area contributed by atoms with E-state index in [0.717, 1.165) is 0 Å². The SMILES string of the molecule is CN=CCOc1cccc(NC(=O)c2cccc(Br)n2)c1. The Morgan fingerprint density at radius 3 is 2.95 bits per heavy atom. The maximum Gasteiger partial charge on any atom is 0.274 e. The molecule has 0 saturated heterocycles. The molecule has 0 unspecified atom stereocenters. The Kier molecular flexibility index (Phi) is 5.45. The smallest absolute Gasteiger partial charge is 0.274 e. The first-order valence-electron chi connectivity index (χ1n) is 6.26. The Labute approximate surface area is 131 Å². The summed E-state index contributed by atoms with van der Waals surface area (Å²) in [6.07, 6.45) is 1.66. The number of carbonyl (C=O) groups is 1. The van der Waals surface area contributed by atoms with Gasteiger partial charge in [0.25, 0.3) is 5.91 Å². The molecule has 0 fully saturated rings. The number of benzene rings is 1. The topological polar surface area (TPSA) is 63.6 Å². The first kappa shape index (κ1) is 15.2. The summed E-state index contributed by atoms with van der Waals surface area (Å²) in [5.74, 6) is 0.387. The molecule has 1 heterocycles. The van der Waals surface area contributed by atoms with Crippen molar-refractivity contribution in [1.82, 2.24) is 4.98 Å². The molecule has 0 spiro atoms. The molecule has 1 N–H and O–H groups in total. The highest BCUT2D eigenvalue weighted by Crippen LogP contribution is 2.18. The van der Waals surface area contributed by atoms with E-state index < -0.39 is 0 Å². The summed E-state index contributed by atoms with van der Waals surface area (Å²) in [5, 5.41) is 2.78. The molecule has 1 aromatic carbocycles. The number of ether oxygens (including phenoxy) is 1. The molecule has 6 heteroatoms. The predicted molar refractivity (Wildman–Crippen MR) is 86.2 cm³/mol. The third kappa shape index (κ3) is 4.68. The van der Waals surface area contributed by atoms with E-state index in [1.165, 1.54) is 0 Å². The summed E-state index contributed by atoms with van der Waals surface area (Å²) >= 11 is 3.24. The number of halogens is 1. The Bertz CT molecular complexity index is 659. The molecule has 0 aliphatic rings. The third-order valence-electron chi connectivity index (χ3n) is 2.55. The van der Waals surface area contributed by atoms with Gasteiger partial charge in [0.2, 0.25) is 0 Å². The lowest BCUT2D eigenvalue weighted by Gasteiger charge is -2.07. The maximum atomic E-state index is 12.1. The number of nitrogens with one attached hydrogen (secondary N) is 1. The molecule has 0 aliphatic heterocycles.